The summed E-state index contributed by atoms with van der Waals surface area (Å²) >= 11 is 0. The third-order valence-corrected chi connectivity index (χ3v) is 8.20. The normalized spacial score (nSPS) is 11.4. The van der Waals surface area contributed by atoms with E-state index in [4.69, 9.17) is 19.6 Å². The fraction of sp³-hybridized carbons (Fsp3) is 0.179. The predicted molar refractivity (Wildman–Crippen MR) is 189 cm³/mol. The van der Waals surface area contributed by atoms with Crippen LogP contribution in [-0.4, -0.2) is 35.5 Å². The Hall–Kier alpha value is -5.76. The Bertz CT molecular complexity index is 2220. The summed E-state index contributed by atoms with van der Waals surface area (Å²) in [4.78, 5) is 31.9. The van der Waals surface area contributed by atoms with Gasteiger partial charge in [-0.15, -0.1) is 0 Å². The zero-order chi connectivity index (χ0) is 33.1. The molecule has 0 aliphatic carbocycles. The molecule has 236 valence electrons. The summed E-state index contributed by atoms with van der Waals surface area (Å²) in [5.41, 5.74) is 5.26. The molecule has 6 aromatic rings. The Balaban J connectivity index is 1.46. The molecule has 1 N–H and O–H groups in total. The monoisotopic (exact) mass is 624 g/mol. The number of nitrogens with one attached hydrogen (secondary N) is 1. The lowest BCUT2D eigenvalue weighted by molar-refractivity contribution is -0.118. The number of aromatic nitrogens is 2. The van der Waals surface area contributed by atoms with Crippen molar-refractivity contribution in [3.8, 4) is 22.9 Å². The van der Waals surface area contributed by atoms with Crippen molar-refractivity contribution in [1.29, 1.82) is 0 Å². The van der Waals surface area contributed by atoms with Crippen LogP contribution in [0.2, 0.25) is 0 Å². The summed E-state index contributed by atoms with van der Waals surface area (Å²) in [5, 5.41) is 9.96. The first-order chi connectivity index (χ1) is 22.7. The van der Waals surface area contributed by atoms with Crippen molar-refractivity contribution in [3.63, 3.8) is 0 Å². The minimum absolute atomic E-state index is 0.173. The second-order valence-corrected chi connectivity index (χ2v) is 11.7. The van der Waals surface area contributed by atoms with Crippen molar-refractivity contribution in [3.05, 3.63) is 130 Å². The number of carbonyl (C=O) groups excluding carboxylic acids is 1. The quantitative estimate of drug-likeness (QED) is 0.165. The molecule has 0 spiro atoms. The molecule has 0 unspecified atom stereocenters. The van der Waals surface area contributed by atoms with E-state index in [0.717, 1.165) is 44.5 Å². The molecular formula is C39H36N4O4. The fourth-order valence-corrected chi connectivity index (χ4v) is 5.67. The molecule has 1 amide bonds. The number of benzene rings is 5. The average Bonchev–Trinajstić information content (AvgIpc) is 3.07. The maximum absolute atomic E-state index is 14.1. The number of aryl methyl sites for hydroxylation is 2. The van der Waals surface area contributed by atoms with Gasteiger partial charge in [0.2, 0.25) is 0 Å². The van der Waals surface area contributed by atoms with E-state index in [1.165, 1.54) is 4.68 Å². The highest BCUT2D eigenvalue weighted by atomic mass is 16.5. The lowest BCUT2D eigenvalue weighted by Gasteiger charge is -2.17. The van der Waals surface area contributed by atoms with Crippen LogP contribution in [0.25, 0.3) is 33.1 Å². The Kier molecular flexibility index (Phi) is 8.84. The van der Waals surface area contributed by atoms with Crippen LogP contribution in [0.3, 0.4) is 0 Å². The molecule has 1 heterocycles. The fourth-order valence-electron chi connectivity index (χ4n) is 5.67. The van der Waals surface area contributed by atoms with Crippen molar-refractivity contribution >= 4 is 39.5 Å². The van der Waals surface area contributed by atoms with Gasteiger partial charge in [-0.1, -0.05) is 74.5 Å². The van der Waals surface area contributed by atoms with Gasteiger partial charge in [0.25, 0.3) is 11.5 Å². The molecule has 8 nitrogen and oxygen atoms in total. The van der Waals surface area contributed by atoms with E-state index in [9.17, 15) is 9.59 Å². The first-order valence-corrected chi connectivity index (χ1v) is 15.5. The van der Waals surface area contributed by atoms with Gasteiger partial charge in [-0.25, -0.2) is 4.98 Å². The number of amides is 1. The number of hydrogen-bond acceptors (Lipinski definition) is 6. The Morgan fingerprint density at radius 1 is 0.894 bits per heavy atom. The number of ether oxygens (including phenoxy) is 2. The maximum atomic E-state index is 14.1. The van der Waals surface area contributed by atoms with Gasteiger partial charge in [0.15, 0.2) is 12.4 Å². The highest BCUT2D eigenvalue weighted by molar-refractivity contribution is 6.03. The number of nitrogens with zero attached hydrogens (tertiary/aromatic N) is 3. The van der Waals surface area contributed by atoms with E-state index >= 15 is 0 Å². The van der Waals surface area contributed by atoms with Crippen molar-refractivity contribution < 1.29 is 14.3 Å². The molecule has 5 aromatic carbocycles. The van der Waals surface area contributed by atoms with Crippen LogP contribution in [-0.2, 0) is 4.79 Å². The second-order valence-electron chi connectivity index (χ2n) is 11.7. The number of carbonyl (C=O) groups is 1. The van der Waals surface area contributed by atoms with E-state index in [0.29, 0.717) is 28.0 Å². The van der Waals surface area contributed by atoms with E-state index in [1.54, 1.807) is 19.4 Å². The van der Waals surface area contributed by atoms with Gasteiger partial charge in [0.1, 0.15) is 11.5 Å². The van der Waals surface area contributed by atoms with Gasteiger partial charge < -0.3 is 14.8 Å². The largest absolute Gasteiger partial charge is 0.496 e. The van der Waals surface area contributed by atoms with Gasteiger partial charge in [0.05, 0.1) is 24.2 Å². The second kappa shape index (κ2) is 13.3. The molecule has 0 saturated heterocycles. The molecule has 0 atom stereocenters. The third kappa shape index (κ3) is 6.35. The summed E-state index contributed by atoms with van der Waals surface area (Å²) in [6, 6.07) is 30.4. The van der Waals surface area contributed by atoms with E-state index in [-0.39, 0.29) is 24.0 Å². The number of methoxy groups -OCH3 is 1. The van der Waals surface area contributed by atoms with Crippen LogP contribution in [0.1, 0.15) is 42.0 Å². The molecule has 0 saturated carbocycles. The summed E-state index contributed by atoms with van der Waals surface area (Å²) in [7, 11) is 1.66. The van der Waals surface area contributed by atoms with E-state index in [1.807, 2.05) is 105 Å². The molecule has 8 heteroatoms. The van der Waals surface area contributed by atoms with Gasteiger partial charge in [-0.2, -0.15) is 9.78 Å². The van der Waals surface area contributed by atoms with Crippen LogP contribution < -0.4 is 20.3 Å². The summed E-state index contributed by atoms with van der Waals surface area (Å²) < 4.78 is 13.1. The first kappa shape index (κ1) is 31.2. The summed E-state index contributed by atoms with van der Waals surface area (Å²) in [6.45, 7) is 7.89. The van der Waals surface area contributed by atoms with Crippen LogP contribution in [0, 0.1) is 13.8 Å². The zero-order valence-corrected chi connectivity index (χ0v) is 27.1. The van der Waals surface area contributed by atoms with Gasteiger partial charge in [0, 0.05) is 16.8 Å². The smallest absolute Gasteiger partial charge is 0.282 e. The van der Waals surface area contributed by atoms with Gasteiger partial charge in [-0.05, 0) is 83.6 Å². The molecule has 0 fully saturated rings. The zero-order valence-electron chi connectivity index (χ0n) is 27.1. The number of anilines is 1. The molecule has 1 aromatic heterocycles. The van der Waals surface area contributed by atoms with E-state index < -0.39 is 0 Å². The molecule has 0 radical (unpaired) electrons. The van der Waals surface area contributed by atoms with Crippen molar-refractivity contribution in [2.24, 2.45) is 5.10 Å². The first-order valence-electron chi connectivity index (χ1n) is 15.5. The third-order valence-electron chi connectivity index (χ3n) is 8.20. The van der Waals surface area contributed by atoms with E-state index in [2.05, 4.69) is 19.2 Å². The van der Waals surface area contributed by atoms with Crippen molar-refractivity contribution in [1.82, 2.24) is 9.66 Å². The molecule has 0 aliphatic rings. The maximum Gasteiger partial charge on any atom is 0.282 e. The molecule has 0 bridgehead atoms. The number of fused-ring (bicyclic) bond motifs is 2. The predicted octanol–water partition coefficient (Wildman–Crippen LogP) is 7.87. The lowest BCUT2D eigenvalue weighted by atomic mass is 9.96. The van der Waals surface area contributed by atoms with Crippen molar-refractivity contribution in [2.75, 3.05) is 19.0 Å². The molecule has 0 aliphatic heterocycles. The van der Waals surface area contributed by atoms with Crippen molar-refractivity contribution in [2.45, 2.75) is 33.6 Å². The topological polar surface area (TPSA) is 94.8 Å². The number of para-hydroxylation sites is 2. The highest BCUT2D eigenvalue weighted by Gasteiger charge is 2.19. The van der Waals surface area contributed by atoms with Crippen LogP contribution in [0.5, 0.6) is 11.5 Å². The van der Waals surface area contributed by atoms with Gasteiger partial charge >= 0.3 is 0 Å². The minimum Gasteiger partial charge on any atom is -0.496 e. The Morgan fingerprint density at radius 2 is 1.62 bits per heavy atom. The summed E-state index contributed by atoms with van der Waals surface area (Å²) in [5.74, 6) is 1.53. The standard InChI is InChI=1S/C39H36N4O4/c1-24(2)30-21-31(26(4)20-36(30)46-5)38-42-34-17-11-9-15-29(34)39(45)43(38)40-22-32-28-14-8-7-13-27(28)18-19-35(32)47-23-37(44)41-33-16-10-6-12-25(33)3/h6-22,24H,23H2,1-5H3,(H,41,44). The Labute approximate surface area is 273 Å². The number of hydrogen-bond donors (Lipinski definition) is 1. The SMILES string of the molecule is COc1cc(C)c(-c2nc3ccccc3c(=O)n2N=Cc2c(OCC(=O)Nc3ccccc3C)ccc3ccccc23)cc1C(C)C. The highest BCUT2D eigenvalue weighted by Crippen LogP contribution is 2.34. The van der Waals surface area contributed by atoms with Gasteiger partial charge in [-0.3, -0.25) is 9.59 Å². The van der Waals surface area contributed by atoms with Crippen LogP contribution in [0.4, 0.5) is 5.69 Å². The number of rotatable bonds is 9. The summed E-state index contributed by atoms with van der Waals surface area (Å²) in [6.07, 6.45) is 1.61. The van der Waals surface area contributed by atoms with Crippen LogP contribution in [0.15, 0.2) is 107 Å². The molecule has 6 rings (SSSR count). The lowest BCUT2D eigenvalue weighted by Crippen LogP contribution is -2.21. The molecule has 47 heavy (non-hydrogen) atoms. The Morgan fingerprint density at radius 3 is 2.38 bits per heavy atom. The minimum atomic E-state index is -0.302. The average molecular weight is 625 g/mol. The van der Waals surface area contributed by atoms with Crippen LogP contribution >= 0.6 is 0 Å². The molecular weight excluding hydrogens is 588 g/mol.